The van der Waals surface area contributed by atoms with Gasteiger partial charge in [-0.25, -0.2) is 0 Å². The van der Waals surface area contributed by atoms with Crippen LogP contribution >= 0.6 is 0 Å². The third-order valence-electron chi connectivity index (χ3n) is 5.55. The lowest BCUT2D eigenvalue weighted by Gasteiger charge is -2.29. The highest BCUT2D eigenvalue weighted by atomic mass is 15.1. The predicted molar refractivity (Wildman–Crippen MR) is 99.7 cm³/mol. The molecule has 0 bridgehead atoms. The Balaban J connectivity index is 1.64. The molecule has 1 atom stereocenters. The van der Waals surface area contributed by atoms with Crippen LogP contribution in [-0.4, -0.2) is 24.6 Å². The number of H-pyrrole nitrogens is 1. The fourth-order valence-electron chi connectivity index (χ4n) is 4.42. The summed E-state index contributed by atoms with van der Waals surface area (Å²) >= 11 is 0. The Morgan fingerprint density at radius 3 is 2.62 bits per heavy atom. The maximum Gasteiger partial charge on any atom is 0.0752 e. The monoisotopic (exact) mass is 317 g/mol. The molecular weight excluding hydrogens is 294 g/mol. The van der Waals surface area contributed by atoms with Crippen molar-refractivity contribution < 1.29 is 0 Å². The van der Waals surface area contributed by atoms with E-state index in [-0.39, 0.29) is 6.04 Å². The largest absolute Gasteiger partial charge is 0.371 e. The second kappa shape index (κ2) is 5.67. The Bertz CT molecular complexity index is 874. The van der Waals surface area contributed by atoms with Crippen molar-refractivity contribution in [3.8, 4) is 0 Å². The van der Waals surface area contributed by atoms with E-state index in [1.54, 1.807) is 0 Å². The molecule has 0 spiro atoms. The number of hydrogen-bond donors (Lipinski definition) is 2. The third kappa shape index (κ3) is 2.15. The van der Waals surface area contributed by atoms with Gasteiger partial charge in [-0.3, -0.25) is 0 Å². The van der Waals surface area contributed by atoms with Crippen molar-refractivity contribution in [3.63, 3.8) is 0 Å². The summed E-state index contributed by atoms with van der Waals surface area (Å²) in [5.41, 5.74) is 6.92. The molecule has 2 aliphatic heterocycles. The lowest BCUT2D eigenvalue weighted by atomic mass is 9.93. The Morgan fingerprint density at radius 2 is 1.71 bits per heavy atom. The number of fused-ring (bicyclic) bond motifs is 3. The highest BCUT2D eigenvalue weighted by Gasteiger charge is 2.28. The second-order valence-corrected chi connectivity index (χ2v) is 6.95. The smallest absolute Gasteiger partial charge is 0.0752 e. The normalized spacial score (nSPS) is 20.5. The molecule has 1 fully saturated rings. The van der Waals surface area contributed by atoms with Crippen LogP contribution in [0.3, 0.4) is 0 Å². The molecule has 3 nitrogen and oxygen atoms in total. The van der Waals surface area contributed by atoms with Gasteiger partial charge in [-0.2, -0.15) is 0 Å². The van der Waals surface area contributed by atoms with Crippen LogP contribution in [0.4, 0.5) is 5.69 Å². The van der Waals surface area contributed by atoms with E-state index in [9.17, 15) is 0 Å². The molecule has 0 radical (unpaired) electrons. The zero-order valence-corrected chi connectivity index (χ0v) is 13.9. The van der Waals surface area contributed by atoms with E-state index in [0.717, 1.165) is 13.0 Å². The van der Waals surface area contributed by atoms with Crippen LogP contribution in [0.5, 0.6) is 0 Å². The SMILES string of the molecule is c1ccc(N2CCCC2)c([C@H]2NCCc3c2[nH]c2ccccc32)c1. The molecule has 1 aromatic heterocycles. The van der Waals surface area contributed by atoms with E-state index >= 15 is 0 Å². The van der Waals surface area contributed by atoms with Crippen LogP contribution in [-0.2, 0) is 6.42 Å². The van der Waals surface area contributed by atoms with Gasteiger partial charge in [0.25, 0.3) is 0 Å². The molecule has 2 N–H and O–H groups in total. The number of hydrogen-bond acceptors (Lipinski definition) is 2. The topological polar surface area (TPSA) is 31.1 Å². The van der Waals surface area contributed by atoms with Crippen molar-refractivity contribution in [3.05, 3.63) is 65.4 Å². The molecule has 2 aromatic carbocycles. The van der Waals surface area contributed by atoms with Crippen LogP contribution in [0.2, 0.25) is 0 Å². The van der Waals surface area contributed by atoms with Crippen molar-refractivity contribution in [1.29, 1.82) is 0 Å². The lowest BCUT2D eigenvalue weighted by molar-refractivity contribution is 0.560. The van der Waals surface area contributed by atoms with Gasteiger partial charge in [-0.15, -0.1) is 0 Å². The summed E-state index contributed by atoms with van der Waals surface area (Å²) in [6.07, 6.45) is 3.72. The second-order valence-electron chi connectivity index (χ2n) is 6.95. The Labute approximate surface area is 142 Å². The number of nitrogens with zero attached hydrogens (tertiary/aromatic N) is 1. The Morgan fingerprint density at radius 1 is 0.917 bits per heavy atom. The minimum atomic E-state index is 0.262. The van der Waals surface area contributed by atoms with Crippen LogP contribution < -0.4 is 10.2 Å². The van der Waals surface area contributed by atoms with Crippen LogP contribution in [0.25, 0.3) is 10.9 Å². The molecular formula is C21H23N3. The van der Waals surface area contributed by atoms with Gasteiger partial charge in [-0.1, -0.05) is 36.4 Å². The maximum absolute atomic E-state index is 3.76. The molecule has 0 aliphatic carbocycles. The van der Waals surface area contributed by atoms with Crippen molar-refractivity contribution in [2.24, 2.45) is 0 Å². The van der Waals surface area contributed by atoms with E-state index in [1.807, 2.05) is 0 Å². The van der Waals surface area contributed by atoms with Crippen molar-refractivity contribution in [2.45, 2.75) is 25.3 Å². The van der Waals surface area contributed by atoms with Crippen molar-refractivity contribution in [1.82, 2.24) is 10.3 Å². The molecule has 0 unspecified atom stereocenters. The molecule has 5 rings (SSSR count). The number of rotatable bonds is 2. The van der Waals surface area contributed by atoms with Gasteiger partial charge in [0.15, 0.2) is 0 Å². The van der Waals surface area contributed by atoms with Crippen LogP contribution in [0.1, 0.15) is 35.7 Å². The first-order valence-corrected chi connectivity index (χ1v) is 9.08. The zero-order chi connectivity index (χ0) is 15.9. The van der Waals surface area contributed by atoms with Crippen LogP contribution in [0.15, 0.2) is 48.5 Å². The zero-order valence-electron chi connectivity index (χ0n) is 13.9. The first kappa shape index (κ1) is 14.1. The molecule has 1 saturated heterocycles. The molecule has 24 heavy (non-hydrogen) atoms. The average Bonchev–Trinajstić information content (AvgIpc) is 3.29. The van der Waals surface area contributed by atoms with E-state index in [2.05, 4.69) is 63.7 Å². The molecule has 3 heterocycles. The van der Waals surface area contributed by atoms with E-state index < -0.39 is 0 Å². The number of anilines is 1. The lowest BCUT2D eigenvalue weighted by Crippen LogP contribution is -2.32. The fraction of sp³-hybridized carbons (Fsp3) is 0.333. The Kier molecular flexibility index (Phi) is 3.34. The first-order chi connectivity index (χ1) is 11.9. The molecule has 0 saturated carbocycles. The van der Waals surface area contributed by atoms with E-state index in [1.165, 1.54) is 59.3 Å². The number of aromatic amines is 1. The molecule has 3 heteroatoms. The molecule has 122 valence electrons. The number of para-hydroxylation sites is 2. The van der Waals surface area contributed by atoms with Gasteiger partial charge in [0.2, 0.25) is 0 Å². The average molecular weight is 317 g/mol. The summed E-state index contributed by atoms with van der Waals surface area (Å²) in [6, 6.07) is 17.9. The summed E-state index contributed by atoms with van der Waals surface area (Å²) < 4.78 is 0. The quantitative estimate of drug-likeness (QED) is 0.748. The minimum absolute atomic E-state index is 0.262. The van der Waals surface area contributed by atoms with E-state index in [0.29, 0.717) is 0 Å². The standard InChI is InChI=1S/C21H23N3/c1-3-9-18-15(7-1)16-11-12-22-20(21(16)23-18)17-8-2-4-10-19(17)24-13-5-6-14-24/h1-4,7-10,20,22-23H,5-6,11-14H2/t20-/m1/s1. The predicted octanol–water partition coefficient (Wildman–Crippen LogP) is 4.00. The fourth-order valence-corrected chi connectivity index (χ4v) is 4.42. The van der Waals surface area contributed by atoms with Gasteiger partial charge in [0.05, 0.1) is 6.04 Å². The van der Waals surface area contributed by atoms with Crippen molar-refractivity contribution >= 4 is 16.6 Å². The van der Waals surface area contributed by atoms with Crippen molar-refractivity contribution in [2.75, 3.05) is 24.5 Å². The summed E-state index contributed by atoms with van der Waals surface area (Å²) in [4.78, 5) is 6.25. The maximum atomic E-state index is 3.76. The highest BCUT2D eigenvalue weighted by Crippen LogP contribution is 2.37. The summed E-state index contributed by atoms with van der Waals surface area (Å²) in [6.45, 7) is 3.40. The van der Waals surface area contributed by atoms with Gasteiger partial charge < -0.3 is 15.2 Å². The number of benzene rings is 2. The third-order valence-corrected chi connectivity index (χ3v) is 5.55. The molecule has 2 aliphatic rings. The van der Waals surface area contributed by atoms with Gasteiger partial charge in [0.1, 0.15) is 0 Å². The van der Waals surface area contributed by atoms with Gasteiger partial charge in [-0.05, 0) is 42.5 Å². The summed E-state index contributed by atoms with van der Waals surface area (Å²) in [5.74, 6) is 0. The highest BCUT2D eigenvalue weighted by molar-refractivity contribution is 5.85. The molecule has 3 aromatic rings. The number of aromatic nitrogens is 1. The van der Waals surface area contributed by atoms with E-state index in [4.69, 9.17) is 0 Å². The first-order valence-electron chi connectivity index (χ1n) is 9.08. The summed E-state index contributed by atoms with van der Waals surface area (Å²) in [7, 11) is 0. The number of nitrogens with one attached hydrogen (secondary N) is 2. The van der Waals surface area contributed by atoms with Gasteiger partial charge in [0, 0.05) is 41.9 Å². The summed E-state index contributed by atoms with van der Waals surface area (Å²) in [5, 5.41) is 5.15. The molecule has 0 amide bonds. The van der Waals surface area contributed by atoms with Gasteiger partial charge >= 0.3 is 0 Å². The van der Waals surface area contributed by atoms with Crippen LogP contribution in [0, 0.1) is 0 Å². The Hall–Kier alpha value is -2.26. The minimum Gasteiger partial charge on any atom is -0.371 e.